The third-order valence-electron chi connectivity index (χ3n) is 4.56. The number of nitrogens with zero attached hydrogens (tertiary/aromatic N) is 2. The second-order valence-electron chi connectivity index (χ2n) is 7.17. The first-order chi connectivity index (χ1) is 15.7. The van der Waals surface area contributed by atoms with Gasteiger partial charge in [-0.2, -0.15) is 0 Å². The van der Waals surface area contributed by atoms with E-state index in [4.69, 9.17) is 9.47 Å². The Labute approximate surface area is 199 Å². The van der Waals surface area contributed by atoms with Gasteiger partial charge in [-0.25, -0.2) is 9.78 Å². The number of rotatable bonds is 9. The first kappa shape index (κ1) is 24.6. The lowest BCUT2D eigenvalue weighted by Crippen LogP contribution is -2.21. The minimum atomic E-state index is -0.575. The van der Waals surface area contributed by atoms with E-state index in [2.05, 4.69) is 15.3 Å². The van der Waals surface area contributed by atoms with Crippen molar-refractivity contribution in [3.8, 4) is 5.75 Å². The molecule has 3 aromatic rings. The number of hydrogen-bond acceptors (Lipinski definition) is 8. The smallest absolute Gasteiger partial charge is 0.341 e. The predicted molar refractivity (Wildman–Crippen MR) is 130 cm³/mol. The molecule has 0 radical (unpaired) electrons. The maximum absolute atomic E-state index is 12.7. The summed E-state index contributed by atoms with van der Waals surface area (Å²) in [5.74, 6) is -0.341. The number of carbonyl (C=O) groups excluding carboxylic acids is 3. The van der Waals surface area contributed by atoms with Crippen molar-refractivity contribution >= 4 is 56.9 Å². The lowest BCUT2D eigenvalue weighted by atomic mass is 10.1. The zero-order chi connectivity index (χ0) is 24.1. The van der Waals surface area contributed by atoms with Crippen LogP contribution in [0.5, 0.6) is 5.75 Å². The van der Waals surface area contributed by atoms with Crippen molar-refractivity contribution < 1.29 is 23.9 Å². The van der Waals surface area contributed by atoms with Crippen LogP contribution in [0.4, 0.5) is 5.00 Å². The Balaban J connectivity index is 1.75. The fraction of sp³-hybridized carbons (Fsp3) is 0.364. The molecule has 9 nitrogen and oxygen atoms in total. The highest BCUT2D eigenvalue weighted by atomic mass is 32.2. The number of aromatic nitrogens is 2. The summed E-state index contributed by atoms with van der Waals surface area (Å²) < 4.78 is 10.6. The summed E-state index contributed by atoms with van der Waals surface area (Å²) in [5, 5.41) is 3.65. The first-order valence-electron chi connectivity index (χ1n) is 10.3. The molecule has 0 bridgehead atoms. The van der Waals surface area contributed by atoms with Gasteiger partial charge in [-0.1, -0.05) is 11.8 Å². The fourth-order valence-corrected chi connectivity index (χ4v) is 4.96. The zero-order valence-corrected chi connectivity index (χ0v) is 20.7. The summed E-state index contributed by atoms with van der Waals surface area (Å²) in [6.45, 7) is 6.04. The molecule has 0 saturated heterocycles. The van der Waals surface area contributed by atoms with Crippen LogP contribution in [0.25, 0.3) is 11.0 Å². The molecule has 3 rings (SSSR count). The SMILES string of the molecule is CCOC(=O)c1c(NC(=O)CSc2nc3ccc(OCC)cc3[nH]2)sc(C(=O)N(C)C)c1C. The number of carbonyl (C=O) groups is 3. The van der Waals surface area contributed by atoms with Crippen molar-refractivity contribution in [3.63, 3.8) is 0 Å². The van der Waals surface area contributed by atoms with E-state index in [1.54, 1.807) is 27.9 Å². The highest BCUT2D eigenvalue weighted by molar-refractivity contribution is 7.99. The molecule has 2 N–H and O–H groups in total. The van der Waals surface area contributed by atoms with Crippen LogP contribution in [-0.2, 0) is 9.53 Å². The largest absolute Gasteiger partial charge is 0.494 e. The molecule has 0 unspecified atom stereocenters. The molecule has 0 atom stereocenters. The van der Waals surface area contributed by atoms with Gasteiger partial charge in [0.05, 0.1) is 40.4 Å². The van der Waals surface area contributed by atoms with Crippen molar-refractivity contribution in [2.24, 2.45) is 0 Å². The van der Waals surface area contributed by atoms with E-state index in [0.29, 0.717) is 27.2 Å². The van der Waals surface area contributed by atoms with E-state index >= 15 is 0 Å². The minimum Gasteiger partial charge on any atom is -0.494 e. The van der Waals surface area contributed by atoms with Crippen molar-refractivity contribution in [1.29, 1.82) is 0 Å². The topological polar surface area (TPSA) is 114 Å². The molecule has 11 heteroatoms. The highest BCUT2D eigenvalue weighted by Gasteiger charge is 2.27. The van der Waals surface area contributed by atoms with Gasteiger partial charge in [-0.3, -0.25) is 9.59 Å². The van der Waals surface area contributed by atoms with Gasteiger partial charge in [0, 0.05) is 20.2 Å². The number of hydrogen-bond donors (Lipinski definition) is 2. The van der Waals surface area contributed by atoms with Crippen molar-refractivity contribution in [1.82, 2.24) is 14.9 Å². The Morgan fingerprint density at radius 2 is 1.97 bits per heavy atom. The van der Waals surface area contributed by atoms with Crippen LogP contribution >= 0.6 is 23.1 Å². The van der Waals surface area contributed by atoms with Gasteiger partial charge in [0.1, 0.15) is 10.8 Å². The highest BCUT2D eigenvalue weighted by Crippen LogP contribution is 2.34. The molecule has 2 aromatic heterocycles. The summed E-state index contributed by atoms with van der Waals surface area (Å²) in [7, 11) is 3.26. The Hall–Kier alpha value is -3.05. The van der Waals surface area contributed by atoms with Crippen LogP contribution in [0.15, 0.2) is 23.4 Å². The van der Waals surface area contributed by atoms with Gasteiger partial charge in [0.25, 0.3) is 5.91 Å². The van der Waals surface area contributed by atoms with Gasteiger partial charge < -0.3 is 24.7 Å². The molecular weight excluding hydrogens is 464 g/mol. The van der Waals surface area contributed by atoms with Crippen LogP contribution in [0.3, 0.4) is 0 Å². The second-order valence-corrected chi connectivity index (χ2v) is 9.16. The number of amides is 2. The lowest BCUT2D eigenvalue weighted by molar-refractivity contribution is -0.113. The molecule has 0 saturated carbocycles. The van der Waals surface area contributed by atoms with E-state index in [0.717, 1.165) is 28.1 Å². The number of thiophene rings is 1. The average Bonchev–Trinajstić information content (AvgIpc) is 3.32. The Morgan fingerprint density at radius 1 is 1.21 bits per heavy atom. The number of thioether (sulfide) groups is 1. The summed E-state index contributed by atoms with van der Waals surface area (Å²) in [6, 6.07) is 5.56. The molecule has 0 spiro atoms. The maximum Gasteiger partial charge on any atom is 0.341 e. The van der Waals surface area contributed by atoms with Crippen LogP contribution < -0.4 is 10.1 Å². The summed E-state index contributed by atoms with van der Waals surface area (Å²) in [5.41, 5.74) is 2.28. The third-order valence-corrected chi connectivity index (χ3v) is 6.63. The molecule has 176 valence electrons. The quantitative estimate of drug-likeness (QED) is 0.345. The fourth-order valence-electron chi connectivity index (χ4n) is 3.04. The average molecular weight is 491 g/mol. The van der Waals surface area contributed by atoms with Crippen molar-refractivity contribution in [3.05, 3.63) is 34.2 Å². The van der Waals surface area contributed by atoms with Gasteiger partial charge >= 0.3 is 5.97 Å². The molecule has 0 aliphatic rings. The number of benzene rings is 1. The number of nitrogens with one attached hydrogen (secondary N) is 2. The van der Waals surface area contributed by atoms with E-state index in [1.807, 2.05) is 25.1 Å². The Morgan fingerprint density at radius 3 is 2.64 bits per heavy atom. The standard InChI is InChI=1S/C22H26N4O5S2/c1-6-30-13-8-9-14-15(10-13)24-22(23-14)32-11-16(27)25-19-17(21(29)31-7-2)12(3)18(33-19)20(28)26(4)5/h8-10H,6-7,11H2,1-5H3,(H,23,24)(H,25,27). The number of ether oxygens (including phenoxy) is 2. The first-order valence-corrected chi connectivity index (χ1v) is 12.1. The number of fused-ring (bicyclic) bond motifs is 1. The number of H-pyrrole nitrogens is 1. The monoisotopic (exact) mass is 490 g/mol. The zero-order valence-electron chi connectivity index (χ0n) is 19.1. The van der Waals surface area contributed by atoms with E-state index in [-0.39, 0.29) is 29.7 Å². The molecule has 33 heavy (non-hydrogen) atoms. The van der Waals surface area contributed by atoms with Gasteiger partial charge in [0.2, 0.25) is 5.91 Å². The van der Waals surface area contributed by atoms with Gasteiger partial charge in [-0.05, 0) is 38.5 Å². The van der Waals surface area contributed by atoms with Gasteiger partial charge in [-0.15, -0.1) is 11.3 Å². The minimum absolute atomic E-state index is 0.0638. The lowest BCUT2D eigenvalue weighted by Gasteiger charge is -2.09. The van der Waals surface area contributed by atoms with E-state index < -0.39 is 5.97 Å². The molecule has 1 aromatic carbocycles. The number of esters is 1. The van der Waals surface area contributed by atoms with Crippen LogP contribution in [-0.4, -0.2) is 65.7 Å². The molecule has 0 fully saturated rings. The molecule has 0 aliphatic heterocycles. The van der Waals surface area contributed by atoms with Crippen molar-refractivity contribution in [2.75, 3.05) is 38.4 Å². The Kier molecular flexibility index (Phi) is 7.98. The summed E-state index contributed by atoms with van der Waals surface area (Å²) in [6.07, 6.45) is 0. The van der Waals surface area contributed by atoms with Crippen LogP contribution in [0.2, 0.25) is 0 Å². The van der Waals surface area contributed by atoms with Crippen LogP contribution in [0, 0.1) is 6.92 Å². The summed E-state index contributed by atoms with van der Waals surface area (Å²) >= 11 is 2.30. The number of imidazole rings is 1. The normalized spacial score (nSPS) is 10.8. The Bertz CT molecular complexity index is 1190. The van der Waals surface area contributed by atoms with Crippen molar-refractivity contribution in [2.45, 2.75) is 25.9 Å². The molecule has 2 heterocycles. The summed E-state index contributed by atoms with van der Waals surface area (Å²) in [4.78, 5) is 47.1. The second kappa shape index (κ2) is 10.7. The van der Waals surface area contributed by atoms with E-state index in [1.165, 1.54) is 16.7 Å². The third kappa shape index (κ3) is 5.66. The maximum atomic E-state index is 12.7. The number of anilines is 1. The molecule has 0 aliphatic carbocycles. The van der Waals surface area contributed by atoms with Crippen LogP contribution in [0.1, 0.15) is 39.4 Å². The van der Waals surface area contributed by atoms with Gasteiger partial charge in [0.15, 0.2) is 5.16 Å². The predicted octanol–water partition coefficient (Wildman–Crippen LogP) is 3.94. The number of aromatic amines is 1. The molecule has 2 amide bonds. The molecular formula is C22H26N4O5S2. The van der Waals surface area contributed by atoms with E-state index in [9.17, 15) is 14.4 Å².